The van der Waals surface area contributed by atoms with Gasteiger partial charge in [-0.3, -0.25) is 29.8 Å². The molecule has 17 nitrogen and oxygen atoms in total. The molecule has 6 rings (SSSR count). The first kappa shape index (κ1) is 35.7. The summed E-state index contributed by atoms with van der Waals surface area (Å²) in [6, 6.07) is 3.59. The maximum absolute atomic E-state index is 14.0. The molecule has 0 spiro atoms. The van der Waals surface area contributed by atoms with Gasteiger partial charge in [0.05, 0.1) is 11.1 Å². The highest BCUT2D eigenvalue weighted by Crippen LogP contribution is 2.43. The Balaban J connectivity index is 1.23. The average Bonchev–Trinajstić information content (AvgIpc) is 3.15. The number of carbonyl (C=O) groups is 3. The molecule has 4 unspecified atom stereocenters. The third-order valence-electron chi connectivity index (χ3n) is 10.4. The smallest absolute Gasteiger partial charge is 0.415 e. The van der Waals surface area contributed by atoms with Crippen molar-refractivity contribution in [2.45, 2.75) is 49.0 Å². The Kier molecular flexibility index (Phi) is 10.0. The largest absolute Gasteiger partial charge is 0.510 e. The van der Waals surface area contributed by atoms with Crippen molar-refractivity contribution in [1.29, 1.82) is 0 Å². The molecule has 2 aliphatic heterocycles. The number of hydrogen-bond acceptors (Lipinski definition) is 13. The van der Waals surface area contributed by atoms with Gasteiger partial charge in [0.1, 0.15) is 11.6 Å². The van der Waals surface area contributed by atoms with Crippen LogP contribution >= 0.6 is 0 Å². The fourth-order valence-electron chi connectivity index (χ4n) is 7.70. The van der Waals surface area contributed by atoms with Gasteiger partial charge in [-0.25, -0.2) is 14.8 Å². The second-order valence-corrected chi connectivity index (χ2v) is 13.2. The molecule has 4 aliphatic rings. The molecule has 2 aromatic heterocycles. The van der Waals surface area contributed by atoms with Crippen LogP contribution in [0, 0.1) is 32.1 Å². The van der Waals surface area contributed by atoms with E-state index in [2.05, 4.69) is 9.97 Å². The maximum atomic E-state index is 14.0. The van der Waals surface area contributed by atoms with E-state index >= 15 is 0 Å². The molecule has 2 saturated heterocycles. The van der Waals surface area contributed by atoms with Gasteiger partial charge in [-0.15, -0.1) is 0 Å². The van der Waals surface area contributed by atoms with Crippen LogP contribution in [-0.4, -0.2) is 87.2 Å². The van der Waals surface area contributed by atoms with E-state index in [9.17, 15) is 34.6 Å². The summed E-state index contributed by atoms with van der Waals surface area (Å²) in [6.45, 7) is 1.65. The molecule has 0 radical (unpaired) electrons. The molecule has 2 amide bonds. The Hall–Kier alpha value is -6.13. The topological polar surface area (TPSA) is 240 Å². The molecular formula is C35H38N8O9. The Bertz CT molecular complexity index is 1700. The number of hydrogen-bond donors (Lipinski definition) is 2. The summed E-state index contributed by atoms with van der Waals surface area (Å²) in [4.78, 5) is 73.6. The Morgan fingerprint density at radius 2 is 1.06 bits per heavy atom. The highest BCUT2D eigenvalue weighted by molar-refractivity contribution is 5.93. The van der Waals surface area contributed by atoms with Gasteiger partial charge in [-0.05, 0) is 74.3 Å². The zero-order chi connectivity index (χ0) is 37.0. The summed E-state index contributed by atoms with van der Waals surface area (Å²) in [6.07, 6.45) is 14.9. The summed E-state index contributed by atoms with van der Waals surface area (Å²) in [5.41, 5.74) is 7.69. The van der Waals surface area contributed by atoms with E-state index in [1.807, 2.05) is 9.80 Å². The van der Waals surface area contributed by atoms with Crippen molar-refractivity contribution in [3.8, 4) is 0 Å². The van der Waals surface area contributed by atoms with Gasteiger partial charge in [-0.2, -0.15) is 0 Å². The van der Waals surface area contributed by atoms with Crippen LogP contribution in [0.3, 0.4) is 0 Å². The first-order chi connectivity index (χ1) is 24.9. The normalized spacial score (nSPS) is 26.2. The summed E-state index contributed by atoms with van der Waals surface area (Å²) >= 11 is 0. The molecule has 4 N–H and O–H groups in total. The molecule has 2 fully saturated rings. The zero-order valence-electron chi connectivity index (χ0n) is 28.1. The van der Waals surface area contributed by atoms with E-state index in [0.717, 1.165) is 0 Å². The van der Waals surface area contributed by atoms with Crippen molar-refractivity contribution < 1.29 is 33.7 Å². The first-order valence-electron chi connectivity index (χ1n) is 16.9. The predicted molar refractivity (Wildman–Crippen MR) is 187 cm³/mol. The fourth-order valence-corrected chi connectivity index (χ4v) is 7.70. The number of ether oxygens (including phenoxy) is 2. The molecule has 2 aliphatic carbocycles. The van der Waals surface area contributed by atoms with Crippen LogP contribution < -0.4 is 21.3 Å². The van der Waals surface area contributed by atoms with E-state index in [1.54, 1.807) is 36.4 Å². The quantitative estimate of drug-likeness (QED) is 0.205. The second kappa shape index (κ2) is 14.6. The lowest BCUT2D eigenvalue weighted by atomic mass is 9.73. The van der Waals surface area contributed by atoms with Crippen LogP contribution in [0.1, 0.15) is 46.4 Å². The standard InChI is InChI=1S/C35H38N8O9/c36-31(44)23-7-9-29(38-21-23)40-17-11-25(12-18-40)34(15-3-1-5-27(34)42(47)48)51-33(46)52-35(16-4-2-6-28(35)43(49)50)26-13-19-41(20-14-26)30-10-8-24(22-39-30)32(37)45/h1-10,15-16,21-22,25-28H,11-14,17-20H2,(H2,36,44)(H2,37,45). The number of anilines is 2. The SMILES string of the molecule is NC(=O)c1ccc(N2CCC(C3(OC(=O)OC4(C5CCN(c6ccc(C(N)=O)cn6)CC5)C=CC=CC4[N+](=O)[O-])C=CC=CC3[N+](=O)[O-])CC2)nc1. The van der Waals surface area contributed by atoms with E-state index in [0.29, 0.717) is 63.5 Å². The third-order valence-corrected chi connectivity index (χ3v) is 10.4. The molecule has 272 valence electrons. The van der Waals surface area contributed by atoms with Crippen molar-refractivity contribution in [1.82, 2.24) is 9.97 Å². The molecule has 4 heterocycles. The minimum atomic E-state index is -1.75. The number of nitro groups is 2. The van der Waals surface area contributed by atoms with Gasteiger partial charge in [0, 0.05) is 60.3 Å². The highest BCUT2D eigenvalue weighted by atomic mass is 16.8. The lowest BCUT2D eigenvalue weighted by molar-refractivity contribution is -0.534. The van der Waals surface area contributed by atoms with E-state index in [-0.39, 0.29) is 11.1 Å². The number of nitrogens with two attached hydrogens (primary N) is 2. The molecule has 0 bridgehead atoms. The van der Waals surface area contributed by atoms with Crippen LogP contribution in [0.4, 0.5) is 16.4 Å². The number of aromatic nitrogens is 2. The van der Waals surface area contributed by atoms with Gasteiger partial charge >= 0.3 is 6.16 Å². The zero-order valence-corrected chi connectivity index (χ0v) is 28.1. The van der Waals surface area contributed by atoms with Crippen molar-refractivity contribution in [3.05, 3.63) is 117 Å². The molecule has 4 atom stereocenters. The van der Waals surface area contributed by atoms with E-state index in [1.165, 1.54) is 48.8 Å². The number of primary amides is 2. The van der Waals surface area contributed by atoms with Crippen LogP contribution in [-0.2, 0) is 9.47 Å². The van der Waals surface area contributed by atoms with Gasteiger partial charge in [0.25, 0.3) is 12.1 Å². The Labute approximate surface area is 297 Å². The predicted octanol–water partition coefficient (Wildman–Crippen LogP) is 2.98. The Morgan fingerprint density at radius 1 is 0.673 bits per heavy atom. The van der Waals surface area contributed by atoms with Gasteiger partial charge < -0.3 is 30.7 Å². The highest BCUT2D eigenvalue weighted by Gasteiger charge is 2.58. The third kappa shape index (κ3) is 6.93. The number of amides is 2. The fraction of sp³-hybridized carbons (Fsp3) is 0.400. The maximum Gasteiger partial charge on any atom is 0.510 e. The molecule has 0 saturated carbocycles. The summed E-state index contributed by atoms with van der Waals surface area (Å²) < 4.78 is 12.2. The first-order valence-corrected chi connectivity index (χ1v) is 16.9. The molecule has 17 heteroatoms. The number of carbonyl (C=O) groups excluding carboxylic acids is 3. The van der Waals surface area contributed by atoms with Crippen molar-refractivity contribution in [3.63, 3.8) is 0 Å². The number of nitrogens with zero attached hydrogens (tertiary/aromatic N) is 6. The number of pyridine rings is 2. The van der Waals surface area contributed by atoms with Gasteiger partial charge in [0.2, 0.25) is 23.0 Å². The van der Waals surface area contributed by atoms with Crippen LogP contribution in [0.2, 0.25) is 0 Å². The van der Waals surface area contributed by atoms with Crippen LogP contribution in [0.5, 0.6) is 0 Å². The van der Waals surface area contributed by atoms with Crippen LogP contribution in [0.15, 0.2) is 85.3 Å². The molecular weight excluding hydrogens is 676 g/mol. The van der Waals surface area contributed by atoms with Crippen molar-refractivity contribution >= 4 is 29.6 Å². The van der Waals surface area contributed by atoms with Crippen molar-refractivity contribution in [2.24, 2.45) is 23.3 Å². The monoisotopic (exact) mass is 714 g/mol. The summed E-state index contributed by atoms with van der Waals surface area (Å²) in [5, 5.41) is 25.0. The lowest BCUT2D eigenvalue weighted by Crippen LogP contribution is -2.59. The van der Waals surface area contributed by atoms with E-state index in [4.69, 9.17) is 20.9 Å². The average molecular weight is 715 g/mol. The minimum absolute atomic E-state index is 0.261. The van der Waals surface area contributed by atoms with Crippen LogP contribution in [0.25, 0.3) is 0 Å². The number of piperidine rings is 2. The summed E-state index contributed by atoms with van der Waals surface area (Å²) in [5.74, 6) is -1.07. The number of allylic oxidation sites excluding steroid dienone is 4. The molecule has 0 aromatic carbocycles. The van der Waals surface area contributed by atoms with Gasteiger partial charge in [0.15, 0.2) is 0 Å². The van der Waals surface area contributed by atoms with Crippen molar-refractivity contribution in [2.75, 3.05) is 36.0 Å². The van der Waals surface area contributed by atoms with E-state index < -0.39 is 62.9 Å². The molecule has 52 heavy (non-hydrogen) atoms. The second-order valence-electron chi connectivity index (χ2n) is 13.2. The van der Waals surface area contributed by atoms with Gasteiger partial charge in [-0.1, -0.05) is 24.3 Å². The lowest BCUT2D eigenvalue weighted by Gasteiger charge is -2.45. The molecule has 2 aromatic rings. The summed E-state index contributed by atoms with van der Waals surface area (Å²) in [7, 11) is 0. The minimum Gasteiger partial charge on any atom is -0.415 e. The number of rotatable bonds is 10. The Morgan fingerprint density at radius 3 is 1.37 bits per heavy atom.